The van der Waals surface area contributed by atoms with Crippen molar-refractivity contribution >= 4 is 28.6 Å². The number of thiophene rings is 1. The summed E-state index contributed by atoms with van der Waals surface area (Å²) in [4.78, 5) is 1.19. The molecule has 0 aliphatic rings. The Bertz CT molecular complexity index is 511. The van der Waals surface area contributed by atoms with Crippen LogP contribution in [0.25, 0.3) is 0 Å². The second-order valence-corrected chi connectivity index (χ2v) is 4.71. The molecule has 0 radical (unpaired) electrons. The van der Waals surface area contributed by atoms with Crippen molar-refractivity contribution in [2.24, 2.45) is 0 Å². The Morgan fingerprint density at radius 2 is 2.06 bits per heavy atom. The van der Waals surface area contributed by atoms with Gasteiger partial charge in [0.2, 0.25) is 0 Å². The third-order valence-corrected chi connectivity index (χ3v) is 3.39. The second-order valence-electron chi connectivity index (χ2n) is 3.27. The first-order chi connectivity index (χ1) is 7.78. The summed E-state index contributed by atoms with van der Waals surface area (Å²) in [7, 11) is 0. The van der Waals surface area contributed by atoms with Crippen LogP contribution in [0.15, 0.2) is 35.7 Å². The van der Waals surface area contributed by atoms with Gasteiger partial charge in [0.25, 0.3) is 0 Å². The minimum atomic E-state index is 0.671. The predicted octanol–water partition coefficient (Wildman–Crippen LogP) is 3.89. The molecule has 1 N–H and O–H groups in total. The van der Waals surface area contributed by atoms with Gasteiger partial charge in [-0.05, 0) is 30.3 Å². The lowest BCUT2D eigenvalue weighted by Crippen LogP contribution is -1.96. The lowest BCUT2D eigenvalue weighted by Gasteiger charge is -2.03. The van der Waals surface area contributed by atoms with E-state index >= 15 is 0 Å². The van der Waals surface area contributed by atoms with Gasteiger partial charge in [0, 0.05) is 22.5 Å². The molecule has 0 spiro atoms. The van der Waals surface area contributed by atoms with Gasteiger partial charge in [-0.1, -0.05) is 11.6 Å². The van der Waals surface area contributed by atoms with Crippen molar-refractivity contribution in [3.05, 3.63) is 51.2 Å². The number of nitrogens with one attached hydrogen (secondary N) is 1. The molecule has 1 aromatic heterocycles. The van der Waals surface area contributed by atoms with Crippen LogP contribution in [0.1, 0.15) is 10.4 Å². The molecule has 0 atom stereocenters. The molecule has 4 heteroatoms. The average molecular weight is 249 g/mol. The summed E-state index contributed by atoms with van der Waals surface area (Å²) in [6, 6.07) is 11.4. The first kappa shape index (κ1) is 11.0. The zero-order valence-electron chi connectivity index (χ0n) is 8.40. The van der Waals surface area contributed by atoms with Crippen molar-refractivity contribution in [3.8, 4) is 6.07 Å². The number of hydrogen-bond acceptors (Lipinski definition) is 3. The first-order valence-corrected chi connectivity index (χ1v) is 6.00. The van der Waals surface area contributed by atoms with Crippen LogP contribution in [0, 0.1) is 11.3 Å². The highest BCUT2D eigenvalue weighted by molar-refractivity contribution is 7.10. The number of hydrogen-bond donors (Lipinski definition) is 1. The van der Waals surface area contributed by atoms with E-state index in [1.807, 2.05) is 23.6 Å². The van der Waals surface area contributed by atoms with E-state index in [-0.39, 0.29) is 0 Å². The molecule has 0 bridgehead atoms. The smallest absolute Gasteiger partial charge is 0.0991 e. The highest BCUT2D eigenvalue weighted by Gasteiger charge is 1.98. The fourth-order valence-corrected chi connectivity index (χ4v) is 2.31. The lowest BCUT2D eigenvalue weighted by molar-refractivity contribution is 1.19. The molecule has 16 heavy (non-hydrogen) atoms. The predicted molar refractivity (Wildman–Crippen MR) is 67.8 cm³/mol. The van der Waals surface area contributed by atoms with Gasteiger partial charge in [-0.15, -0.1) is 11.3 Å². The van der Waals surface area contributed by atoms with E-state index in [0.717, 1.165) is 17.3 Å². The molecule has 80 valence electrons. The Labute approximate surface area is 103 Å². The van der Waals surface area contributed by atoms with Crippen molar-refractivity contribution in [2.45, 2.75) is 6.54 Å². The number of halogens is 1. The third-order valence-electron chi connectivity index (χ3n) is 2.10. The first-order valence-electron chi connectivity index (χ1n) is 4.75. The molecule has 0 amide bonds. The Kier molecular flexibility index (Phi) is 3.45. The van der Waals surface area contributed by atoms with E-state index in [1.165, 1.54) is 4.88 Å². The van der Waals surface area contributed by atoms with E-state index in [1.54, 1.807) is 23.5 Å². The summed E-state index contributed by atoms with van der Waals surface area (Å²) < 4.78 is 0. The summed E-state index contributed by atoms with van der Waals surface area (Å²) in [5.74, 6) is 0. The number of anilines is 1. The summed E-state index contributed by atoms with van der Waals surface area (Å²) in [5.41, 5.74) is 1.67. The van der Waals surface area contributed by atoms with Crippen LogP contribution in [-0.4, -0.2) is 0 Å². The molecule has 0 saturated heterocycles. The normalized spacial score (nSPS) is 9.75. The summed E-state index contributed by atoms with van der Waals surface area (Å²) in [6.07, 6.45) is 0. The molecular weight excluding hydrogens is 240 g/mol. The Morgan fingerprint density at radius 1 is 1.31 bits per heavy atom. The Hall–Kier alpha value is -1.50. The molecule has 0 saturated carbocycles. The molecular formula is C12H9ClN2S. The summed E-state index contributed by atoms with van der Waals surface area (Å²) >= 11 is 7.46. The van der Waals surface area contributed by atoms with Crippen LogP contribution >= 0.6 is 22.9 Å². The monoisotopic (exact) mass is 248 g/mol. The molecule has 1 aromatic carbocycles. The van der Waals surface area contributed by atoms with Gasteiger partial charge >= 0.3 is 0 Å². The van der Waals surface area contributed by atoms with Gasteiger partial charge in [-0.25, -0.2) is 0 Å². The number of nitriles is 1. The zero-order valence-corrected chi connectivity index (χ0v) is 9.98. The van der Waals surface area contributed by atoms with Gasteiger partial charge < -0.3 is 5.32 Å². The number of nitrogens with zero attached hydrogens (tertiary/aromatic N) is 1. The minimum Gasteiger partial charge on any atom is -0.380 e. The van der Waals surface area contributed by atoms with Gasteiger partial charge in [-0.2, -0.15) is 5.26 Å². The van der Waals surface area contributed by atoms with E-state index in [9.17, 15) is 0 Å². The Morgan fingerprint density at radius 3 is 2.62 bits per heavy atom. The number of rotatable bonds is 3. The molecule has 1 heterocycles. The maximum atomic E-state index is 8.66. The van der Waals surface area contributed by atoms with Crippen molar-refractivity contribution in [1.29, 1.82) is 5.26 Å². The summed E-state index contributed by atoms with van der Waals surface area (Å²) in [6.45, 7) is 0.753. The van der Waals surface area contributed by atoms with Crippen LogP contribution < -0.4 is 5.32 Å². The summed E-state index contributed by atoms with van der Waals surface area (Å²) in [5, 5.41) is 14.6. The van der Waals surface area contributed by atoms with Crippen molar-refractivity contribution in [3.63, 3.8) is 0 Å². The van der Waals surface area contributed by atoms with Gasteiger partial charge in [0.05, 0.1) is 16.7 Å². The quantitative estimate of drug-likeness (QED) is 0.895. The fourth-order valence-electron chi connectivity index (χ4n) is 1.30. The van der Waals surface area contributed by atoms with Crippen LogP contribution in [0.5, 0.6) is 0 Å². The molecule has 2 rings (SSSR count). The fraction of sp³-hybridized carbons (Fsp3) is 0.0833. The molecule has 2 nitrogen and oxygen atoms in total. The molecule has 0 aliphatic carbocycles. The number of benzene rings is 1. The SMILES string of the molecule is N#Cc1ccc(NCc2cc(Cl)cs2)cc1. The van der Waals surface area contributed by atoms with Crippen LogP contribution in [0.4, 0.5) is 5.69 Å². The van der Waals surface area contributed by atoms with Crippen LogP contribution in [0.2, 0.25) is 5.02 Å². The standard InChI is InChI=1S/C12H9ClN2S/c13-10-5-12(16-8-10)7-15-11-3-1-9(6-14)2-4-11/h1-5,8,15H,7H2. The van der Waals surface area contributed by atoms with Crippen LogP contribution in [-0.2, 0) is 6.54 Å². The van der Waals surface area contributed by atoms with E-state index in [0.29, 0.717) is 5.56 Å². The van der Waals surface area contributed by atoms with Crippen molar-refractivity contribution in [2.75, 3.05) is 5.32 Å². The lowest BCUT2D eigenvalue weighted by atomic mass is 10.2. The highest BCUT2D eigenvalue weighted by Crippen LogP contribution is 2.20. The van der Waals surface area contributed by atoms with Crippen molar-refractivity contribution in [1.82, 2.24) is 0 Å². The maximum Gasteiger partial charge on any atom is 0.0991 e. The Balaban J connectivity index is 1.97. The van der Waals surface area contributed by atoms with Gasteiger partial charge in [0.1, 0.15) is 0 Å². The van der Waals surface area contributed by atoms with Gasteiger partial charge in [0.15, 0.2) is 0 Å². The zero-order chi connectivity index (χ0) is 11.4. The van der Waals surface area contributed by atoms with E-state index < -0.39 is 0 Å². The van der Waals surface area contributed by atoms with Gasteiger partial charge in [-0.3, -0.25) is 0 Å². The minimum absolute atomic E-state index is 0.671. The highest BCUT2D eigenvalue weighted by atomic mass is 35.5. The largest absolute Gasteiger partial charge is 0.380 e. The molecule has 0 aliphatic heterocycles. The van der Waals surface area contributed by atoms with Crippen molar-refractivity contribution < 1.29 is 0 Å². The maximum absolute atomic E-state index is 8.66. The topological polar surface area (TPSA) is 35.8 Å². The third kappa shape index (κ3) is 2.75. The van der Waals surface area contributed by atoms with E-state index in [2.05, 4.69) is 11.4 Å². The van der Waals surface area contributed by atoms with E-state index in [4.69, 9.17) is 16.9 Å². The molecule has 0 unspecified atom stereocenters. The second kappa shape index (κ2) is 5.02. The average Bonchev–Trinajstić information content (AvgIpc) is 2.73. The van der Waals surface area contributed by atoms with Crippen LogP contribution in [0.3, 0.4) is 0 Å². The molecule has 0 fully saturated rings. The molecule has 2 aromatic rings.